The van der Waals surface area contributed by atoms with Crippen molar-refractivity contribution in [3.63, 3.8) is 0 Å². The molecule has 2 rings (SSSR count). The number of halogens is 2. The van der Waals surface area contributed by atoms with E-state index in [1.807, 2.05) is 13.0 Å². The summed E-state index contributed by atoms with van der Waals surface area (Å²) in [6, 6.07) is 13.4. The van der Waals surface area contributed by atoms with Crippen LogP contribution >= 0.6 is 0 Å². The van der Waals surface area contributed by atoms with Gasteiger partial charge in [-0.25, -0.2) is 8.78 Å². The molecule has 4 heteroatoms. The number of aromatic hydroxyl groups is 1. The molecule has 0 heterocycles. The van der Waals surface area contributed by atoms with Crippen LogP contribution in [-0.4, -0.2) is 5.11 Å². The number of phenolic OH excluding ortho intramolecular Hbond substituents is 1. The van der Waals surface area contributed by atoms with Gasteiger partial charge in [0, 0.05) is 18.2 Å². The molecular weight excluding hydrogens is 260 g/mol. The lowest BCUT2D eigenvalue weighted by atomic mass is 10.1. The van der Waals surface area contributed by atoms with Crippen LogP contribution in [0.2, 0.25) is 0 Å². The van der Waals surface area contributed by atoms with E-state index >= 15 is 0 Å². The average molecular weight is 277 g/mol. The van der Waals surface area contributed by atoms with Gasteiger partial charge < -0.3 is 10.4 Å². The topological polar surface area (TPSA) is 32.3 Å². The average Bonchev–Trinajstić information content (AvgIpc) is 2.45. The summed E-state index contributed by atoms with van der Waals surface area (Å²) in [7, 11) is 0. The Hall–Kier alpha value is -1.94. The predicted molar refractivity (Wildman–Crippen MR) is 74.8 cm³/mol. The Labute approximate surface area is 117 Å². The predicted octanol–water partition coefficient (Wildman–Crippen LogP) is 4.18. The molecule has 0 aliphatic heterocycles. The number of rotatable bonds is 5. The van der Waals surface area contributed by atoms with Crippen LogP contribution in [-0.2, 0) is 6.54 Å². The molecule has 2 aromatic rings. The number of nitrogens with one attached hydrogen (secondary N) is 1. The molecule has 0 aliphatic rings. The zero-order chi connectivity index (χ0) is 14.5. The highest BCUT2D eigenvalue weighted by molar-refractivity contribution is 5.29. The molecule has 106 valence electrons. The molecule has 1 unspecified atom stereocenters. The van der Waals surface area contributed by atoms with E-state index in [1.54, 1.807) is 30.3 Å². The Morgan fingerprint density at radius 1 is 1.05 bits per heavy atom. The van der Waals surface area contributed by atoms with E-state index in [-0.39, 0.29) is 17.4 Å². The lowest BCUT2D eigenvalue weighted by Gasteiger charge is -2.14. The Kier molecular flexibility index (Phi) is 4.69. The largest absolute Gasteiger partial charge is 0.508 e. The molecule has 20 heavy (non-hydrogen) atoms. The normalized spacial score (nSPS) is 12.6. The molecule has 0 bridgehead atoms. The maximum atomic E-state index is 12.4. The fourth-order valence-electron chi connectivity index (χ4n) is 1.96. The molecule has 0 aromatic heterocycles. The third-order valence-electron chi connectivity index (χ3n) is 3.21. The second kappa shape index (κ2) is 6.48. The first kappa shape index (κ1) is 14.5. The quantitative estimate of drug-likeness (QED) is 0.859. The Bertz CT molecular complexity index is 555. The Balaban J connectivity index is 1.94. The second-order valence-corrected chi connectivity index (χ2v) is 4.74. The third-order valence-corrected chi connectivity index (χ3v) is 3.21. The first-order valence-corrected chi connectivity index (χ1v) is 6.45. The number of hydrogen-bond acceptors (Lipinski definition) is 2. The number of phenols is 1. The van der Waals surface area contributed by atoms with Crippen molar-refractivity contribution in [3.8, 4) is 5.75 Å². The maximum Gasteiger partial charge on any atom is 0.263 e. The highest BCUT2D eigenvalue weighted by atomic mass is 19.3. The van der Waals surface area contributed by atoms with Gasteiger partial charge in [0.2, 0.25) is 0 Å². The van der Waals surface area contributed by atoms with Crippen molar-refractivity contribution in [1.29, 1.82) is 0 Å². The zero-order valence-electron chi connectivity index (χ0n) is 11.2. The van der Waals surface area contributed by atoms with Gasteiger partial charge in [-0.1, -0.05) is 36.4 Å². The van der Waals surface area contributed by atoms with Gasteiger partial charge in [-0.2, -0.15) is 0 Å². The highest BCUT2D eigenvalue weighted by Crippen LogP contribution is 2.20. The van der Waals surface area contributed by atoms with Crippen molar-refractivity contribution in [2.24, 2.45) is 0 Å². The van der Waals surface area contributed by atoms with E-state index in [2.05, 4.69) is 5.32 Å². The summed E-state index contributed by atoms with van der Waals surface area (Å²) in [5.74, 6) is 0.234. The molecule has 0 saturated carbocycles. The second-order valence-electron chi connectivity index (χ2n) is 4.74. The van der Waals surface area contributed by atoms with Crippen LogP contribution in [0.1, 0.15) is 36.1 Å². The van der Waals surface area contributed by atoms with Gasteiger partial charge in [0.1, 0.15) is 5.75 Å². The summed E-state index contributed by atoms with van der Waals surface area (Å²) in [6.07, 6.45) is -2.43. The van der Waals surface area contributed by atoms with Crippen LogP contribution in [0.25, 0.3) is 0 Å². The number of hydrogen-bond donors (Lipinski definition) is 2. The monoisotopic (exact) mass is 277 g/mol. The minimum absolute atomic E-state index is 0.0368. The molecule has 0 radical (unpaired) electrons. The summed E-state index contributed by atoms with van der Waals surface area (Å²) in [5.41, 5.74) is 1.96. The van der Waals surface area contributed by atoms with E-state index in [0.717, 1.165) is 11.1 Å². The van der Waals surface area contributed by atoms with Gasteiger partial charge in [-0.15, -0.1) is 0 Å². The lowest BCUT2D eigenvalue weighted by molar-refractivity contribution is 0.151. The molecule has 2 nitrogen and oxygen atoms in total. The van der Waals surface area contributed by atoms with E-state index in [4.69, 9.17) is 0 Å². The summed E-state index contributed by atoms with van der Waals surface area (Å²) < 4.78 is 24.9. The molecule has 0 amide bonds. The Morgan fingerprint density at radius 2 is 1.75 bits per heavy atom. The van der Waals surface area contributed by atoms with E-state index in [9.17, 15) is 13.9 Å². The lowest BCUT2D eigenvalue weighted by Crippen LogP contribution is -2.17. The van der Waals surface area contributed by atoms with Crippen LogP contribution in [0, 0.1) is 0 Å². The highest BCUT2D eigenvalue weighted by Gasteiger charge is 2.07. The summed E-state index contributed by atoms with van der Waals surface area (Å²) in [4.78, 5) is 0. The SMILES string of the molecule is CC(NCc1ccc(C(F)F)cc1)c1cccc(O)c1. The third kappa shape index (κ3) is 3.78. The van der Waals surface area contributed by atoms with E-state index in [1.165, 1.54) is 12.1 Å². The fourth-order valence-corrected chi connectivity index (χ4v) is 1.96. The van der Waals surface area contributed by atoms with Crippen LogP contribution in [0.3, 0.4) is 0 Å². The Morgan fingerprint density at radius 3 is 2.35 bits per heavy atom. The van der Waals surface area contributed by atoms with Gasteiger partial charge in [-0.05, 0) is 30.2 Å². The van der Waals surface area contributed by atoms with Crippen molar-refractivity contribution in [1.82, 2.24) is 5.32 Å². The first-order valence-electron chi connectivity index (χ1n) is 6.45. The number of alkyl halides is 2. The van der Waals surface area contributed by atoms with Crippen LogP contribution in [0.15, 0.2) is 48.5 Å². The summed E-state index contributed by atoms with van der Waals surface area (Å²) in [6.45, 7) is 2.57. The molecule has 1 atom stereocenters. The van der Waals surface area contributed by atoms with Crippen LogP contribution < -0.4 is 5.32 Å². The molecule has 0 fully saturated rings. The van der Waals surface area contributed by atoms with Crippen LogP contribution in [0.4, 0.5) is 8.78 Å². The maximum absolute atomic E-state index is 12.4. The molecule has 0 spiro atoms. The van der Waals surface area contributed by atoms with Crippen molar-refractivity contribution < 1.29 is 13.9 Å². The zero-order valence-corrected chi connectivity index (χ0v) is 11.2. The molecule has 2 aromatic carbocycles. The summed E-state index contributed by atoms with van der Waals surface area (Å²) in [5, 5.41) is 12.7. The van der Waals surface area contributed by atoms with Gasteiger partial charge in [-0.3, -0.25) is 0 Å². The fraction of sp³-hybridized carbons (Fsp3) is 0.250. The summed E-state index contributed by atoms with van der Waals surface area (Å²) >= 11 is 0. The van der Waals surface area contributed by atoms with E-state index < -0.39 is 6.43 Å². The molecule has 0 saturated heterocycles. The van der Waals surface area contributed by atoms with Gasteiger partial charge in [0.25, 0.3) is 6.43 Å². The minimum atomic E-state index is -2.43. The van der Waals surface area contributed by atoms with Crippen molar-refractivity contribution in [2.45, 2.75) is 25.9 Å². The van der Waals surface area contributed by atoms with Gasteiger partial charge in [0.05, 0.1) is 0 Å². The standard InChI is InChI=1S/C16H17F2NO/c1-11(14-3-2-4-15(20)9-14)19-10-12-5-7-13(8-6-12)16(17)18/h2-9,11,16,19-20H,10H2,1H3. The molecular formula is C16H17F2NO. The molecule has 2 N–H and O–H groups in total. The van der Waals surface area contributed by atoms with Gasteiger partial charge >= 0.3 is 0 Å². The van der Waals surface area contributed by atoms with Crippen LogP contribution in [0.5, 0.6) is 5.75 Å². The van der Waals surface area contributed by atoms with Crippen molar-refractivity contribution >= 4 is 0 Å². The van der Waals surface area contributed by atoms with Gasteiger partial charge in [0.15, 0.2) is 0 Å². The smallest absolute Gasteiger partial charge is 0.263 e. The first-order chi connectivity index (χ1) is 9.56. The minimum Gasteiger partial charge on any atom is -0.508 e. The van der Waals surface area contributed by atoms with E-state index in [0.29, 0.717) is 6.54 Å². The van der Waals surface area contributed by atoms with Crippen molar-refractivity contribution in [2.75, 3.05) is 0 Å². The van der Waals surface area contributed by atoms with Crippen molar-refractivity contribution in [3.05, 3.63) is 65.2 Å². The molecule has 0 aliphatic carbocycles. The number of benzene rings is 2.